The molecule has 3 N–H and O–H groups in total. The quantitative estimate of drug-likeness (QED) is 0.204. The van der Waals surface area contributed by atoms with Crippen molar-refractivity contribution in [1.29, 1.82) is 0 Å². The number of aryl methyl sites for hydroxylation is 1. The maximum absolute atomic E-state index is 9.92. The molecule has 0 spiro atoms. The molecule has 4 rings (SSSR count). The van der Waals surface area contributed by atoms with Crippen molar-refractivity contribution in [2.45, 2.75) is 70.5 Å². The molecule has 3 aromatic heterocycles. The van der Waals surface area contributed by atoms with E-state index in [-0.39, 0.29) is 12.7 Å². The van der Waals surface area contributed by atoms with Crippen LogP contribution in [0.5, 0.6) is 5.75 Å². The van der Waals surface area contributed by atoms with Crippen LogP contribution in [0.1, 0.15) is 76.0 Å². The molecule has 2 atom stereocenters. The Morgan fingerprint density at radius 1 is 1.38 bits per heavy atom. The molecule has 7 nitrogen and oxygen atoms in total. The van der Waals surface area contributed by atoms with Gasteiger partial charge in [0.1, 0.15) is 0 Å². The number of nitrogens with one attached hydrogen (secondary N) is 1. The van der Waals surface area contributed by atoms with Gasteiger partial charge in [-0.25, -0.2) is 0 Å². The summed E-state index contributed by atoms with van der Waals surface area (Å²) in [6, 6.07) is 5.99. The normalized spacial score (nSPS) is 15.6. The number of allylic oxidation sites excluding steroid dienone is 4. The molecule has 0 fully saturated rings. The van der Waals surface area contributed by atoms with Crippen LogP contribution in [-0.2, 0) is 6.42 Å². The SMILES string of the molecule is C=C/C=C\C(Sc1cnc(/N=c2/[nH]c(C(O)CO)bs2)c(OC2CCCc3ncccc32)c1)=C(C)C.CCC. The van der Waals surface area contributed by atoms with Crippen LogP contribution in [0.15, 0.2) is 75.8 Å². The van der Waals surface area contributed by atoms with Gasteiger partial charge < -0.3 is 0 Å². The third-order valence-corrected chi connectivity index (χ3v) is 7.63. The Balaban J connectivity index is 0.00000134. The minimum Gasteiger partial charge on any atom is -0.0656 e. The second-order valence-electron chi connectivity index (χ2n) is 9.23. The number of ether oxygens (including phenoxy) is 1. The van der Waals surface area contributed by atoms with Crippen molar-refractivity contribution in [2.24, 2.45) is 4.99 Å². The zero-order valence-corrected chi connectivity index (χ0v) is 24.7. The van der Waals surface area contributed by atoms with Crippen molar-refractivity contribution in [3.05, 3.63) is 87.5 Å². The molecule has 1 aliphatic carbocycles. The first-order valence-corrected chi connectivity index (χ1v) is 14.9. The van der Waals surface area contributed by atoms with Crippen molar-refractivity contribution < 1.29 is 14.9 Å². The van der Waals surface area contributed by atoms with Gasteiger partial charge in [0, 0.05) is 0 Å². The van der Waals surface area contributed by atoms with E-state index in [2.05, 4.69) is 60.3 Å². The van der Waals surface area contributed by atoms with Crippen LogP contribution in [0.2, 0.25) is 0 Å². The minimum atomic E-state index is -0.981. The van der Waals surface area contributed by atoms with E-state index >= 15 is 0 Å². The van der Waals surface area contributed by atoms with Gasteiger partial charge in [-0.2, -0.15) is 0 Å². The van der Waals surface area contributed by atoms with Crippen molar-refractivity contribution in [3.63, 3.8) is 0 Å². The van der Waals surface area contributed by atoms with Crippen LogP contribution >= 0.6 is 22.9 Å². The summed E-state index contributed by atoms with van der Waals surface area (Å²) in [5, 5.41) is 19.2. The molecule has 0 bridgehead atoms. The van der Waals surface area contributed by atoms with E-state index in [1.54, 1.807) is 30.2 Å². The molecule has 206 valence electrons. The Labute approximate surface area is 239 Å². The number of aromatic nitrogens is 3. The first-order chi connectivity index (χ1) is 18.9. The molecule has 3 aromatic rings. The summed E-state index contributed by atoms with van der Waals surface area (Å²) in [6.45, 7) is 11.8. The van der Waals surface area contributed by atoms with Crippen molar-refractivity contribution >= 4 is 34.9 Å². The second kappa shape index (κ2) is 15.7. The summed E-state index contributed by atoms with van der Waals surface area (Å²) in [6.07, 6.45) is 14.0. The Kier molecular flexibility index (Phi) is 12.4. The van der Waals surface area contributed by atoms with Gasteiger partial charge >= 0.3 is 213 Å². The van der Waals surface area contributed by atoms with Crippen LogP contribution in [0.4, 0.5) is 5.82 Å². The van der Waals surface area contributed by atoms with Crippen molar-refractivity contribution in [1.82, 2.24) is 15.0 Å². The minimum absolute atomic E-state index is 0.138. The third kappa shape index (κ3) is 8.86. The van der Waals surface area contributed by atoms with Gasteiger partial charge in [-0.05, 0) is 0 Å². The van der Waals surface area contributed by atoms with Crippen LogP contribution in [0, 0.1) is 0 Å². The molecule has 0 aliphatic heterocycles. The summed E-state index contributed by atoms with van der Waals surface area (Å²) in [5.74, 6) is 1.02. The number of hydrogen-bond acceptors (Lipinski definition) is 8. The van der Waals surface area contributed by atoms with Crippen molar-refractivity contribution in [3.8, 4) is 5.75 Å². The van der Waals surface area contributed by atoms with E-state index in [1.165, 1.54) is 23.2 Å². The largest absolute Gasteiger partial charge is 0.0656 e. The average Bonchev–Trinajstić information content (AvgIpc) is 3.41. The van der Waals surface area contributed by atoms with Crippen LogP contribution in [0.3, 0.4) is 0 Å². The zero-order chi connectivity index (χ0) is 28.2. The molecule has 0 aromatic carbocycles. The monoisotopic (exact) mass is 564 g/mol. The van der Waals surface area contributed by atoms with Gasteiger partial charge in [0.25, 0.3) is 0 Å². The summed E-state index contributed by atoms with van der Waals surface area (Å²) in [4.78, 5) is 19.5. The number of rotatable bonds is 9. The Morgan fingerprint density at radius 3 is 2.90 bits per heavy atom. The second-order valence-corrected chi connectivity index (χ2v) is 11.2. The zero-order valence-electron chi connectivity index (χ0n) is 23.1. The molecule has 3 heterocycles. The van der Waals surface area contributed by atoms with Crippen LogP contribution in [0.25, 0.3) is 0 Å². The van der Waals surface area contributed by atoms with E-state index in [1.807, 2.05) is 30.5 Å². The molecule has 1 aliphatic rings. The topological polar surface area (TPSA) is 104 Å². The summed E-state index contributed by atoms with van der Waals surface area (Å²) in [5.41, 5.74) is 3.86. The number of H-pyrrole nitrogens is 1. The fraction of sp³-hybridized carbons (Fsp3) is 0.379. The van der Waals surface area contributed by atoms with E-state index in [4.69, 9.17) is 4.74 Å². The fourth-order valence-electron chi connectivity index (χ4n) is 3.78. The number of nitrogens with zero attached hydrogens (tertiary/aromatic N) is 3. The summed E-state index contributed by atoms with van der Waals surface area (Å²) < 4.78 is 6.57. The number of aliphatic hydroxyl groups excluding tert-OH is 2. The number of hydrogen-bond donors (Lipinski definition) is 3. The standard InChI is InChI=1S/C26H29BN4O3S2.C3H8/c1-4-5-11-23(16(2)3)35-17-13-22(34-21-10-6-9-19-18(21)8-7-12-28-19)25(29-14-17)31-26-30-24(27-36-26)20(33)15-32;1-3-2/h4-5,7-8,11-14,20-21,32-33H,1,6,9-10,15H2,2-3H3,(H,29,30,31);3H2,1-2H3/b11-5-;. The summed E-state index contributed by atoms with van der Waals surface area (Å²) >= 11 is 2.94. The molecule has 39 heavy (non-hydrogen) atoms. The first-order valence-electron chi connectivity index (χ1n) is 13.2. The third-order valence-electron chi connectivity index (χ3n) is 5.62. The fourth-order valence-corrected chi connectivity index (χ4v) is 5.43. The number of pyridine rings is 2. The van der Waals surface area contributed by atoms with E-state index in [9.17, 15) is 10.2 Å². The Morgan fingerprint density at radius 2 is 2.18 bits per heavy atom. The molecule has 0 radical (unpaired) electrons. The molecule has 2 unspecified atom stereocenters. The maximum atomic E-state index is 9.92. The van der Waals surface area contributed by atoms with Gasteiger partial charge in [-0.15, -0.1) is 0 Å². The molecular formula is C29H37BN4O3S2. The predicted molar refractivity (Wildman–Crippen MR) is 162 cm³/mol. The molecule has 0 amide bonds. The van der Waals surface area contributed by atoms with Gasteiger partial charge in [0.2, 0.25) is 0 Å². The number of thioether (sulfide) groups is 1. The summed E-state index contributed by atoms with van der Waals surface area (Å²) in [7, 11) is 0. The molecule has 0 saturated carbocycles. The number of aromatic amines is 1. The predicted octanol–water partition coefficient (Wildman–Crippen LogP) is 6.46. The van der Waals surface area contributed by atoms with E-state index in [0.29, 0.717) is 22.0 Å². The Hall–Kier alpha value is -2.79. The number of fused-ring (bicyclic) bond motifs is 1. The van der Waals surface area contributed by atoms with Gasteiger partial charge in [-0.3, -0.25) is 0 Å². The average molecular weight is 565 g/mol. The number of aliphatic hydroxyl groups is 2. The van der Waals surface area contributed by atoms with Crippen LogP contribution < -0.4 is 9.54 Å². The molecule has 0 saturated heterocycles. The van der Waals surface area contributed by atoms with E-state index in [0.717, 1.165) is 40.3 Å². The van der Waals surface area contributed by atoms with Crippen LogP contribution in [-0.4, -0.2) is 37.9 Å². The smallest absolute Gasteiger partial charge is 0.0590 e. The van der Waals surface area contributed by atoms with Gasteiger partial charge in [-0.1, -0.05) is 26.8 Å². The molecular weight excluding hydrogens is 527 g/mol. The Bertz CT molecular complexity index is 1360. The molecule has 10 heteroatoms. The van der Waals surface area contributed by atoms with E-state index < -0.39 is 6.10 Å². The first kappa shape index (κ1) is 30.8. The van der Waals surface area contributed by atoms with Gasteiger partial charge in [0.15, 0.2) is 0 Å². The van der Waals surface area contributed by atoms with Crippen molar-refractivity contribution in [2.75, 3.05) is 6.61 Å². The maximum Gasteiger partial charge on any atom is -0.0590 e. The van der Waals surface area contributed by atoms with Gasteiger partial charge in [0.05, 0.1) is 0 Å².